The Kier molecular flexibility index (Phi) is 4.74. The summed E-state index contributed by atoms with van der Waals surface area (Å²) < 4.78 is 8.49. The van der Waals surface area contributed by atoms with Gasteiger partial charge in [0.25, 0.3) is 0 Å². The third kappa shape index (κ3) is 3.65. The Bertz CT molecular complexity index is 600. The van der Waals surface area contributed by atoms with E-state index in [4.69, 9.17) is 17.0 Å². The molecule has 2 aromatic rings. The molecule has 5 heteroatoms. The summed E-state index contributed by atoms with van der Waals surface area (Å²) in [4.78, 5) is 5.34. The van der Waals surface area contributed by atoms with Crippen molar-refractivity contribution >= 4 is 23.3 Å². The quantitative estimate of drug-likeness (QED) is 0.652. The number of H-pyrrole nitrogens is 1. The first-order valence-electron chi connectivity index (χ1n) is 6.49. The van der Waals surface area contributed by atoms with E-state index in [2.05, 4.69) is 39.6 Å². The molecule has 104 valence electrons. The first kappa shape index (κ1) is 14.2. The van der Waals surface area contributed by atoms with Gasteiger partial charge in [-0.15, -0.1) is 0 Å². The molecule has 1 heterocycles. The number of ether oxygens (including phenoxy) is 1. The molecule has 0 spiro atoms. The lowest BCUT2D eigenvalue weighted by molar-refractivity contribution is 0.111. The molecule has 2 rings (SSSR count). The van der Waals surface area contributed by atoms with E-state index >= 15 is 0 Å². The summed E-state index contributed by atoms with van der Waals surface area (Å²) in [6, 6.07) is 6.32. The van der Waals surface area contributed by atoms with E-state index in [1.165, 1.54) is 5.56 Å². The van der Waals surface area contributed by atoms with Gasteiger partial charge in [0.15, 0.2) is 4.77 Å². The smallest absolute Gasteiger partial charge is 0.178 e. The van der Waals surface area contributed by atoms with Gasteiger partial charge in [-0.05, 0) is 50.9 Å². The highest BCUT2D eigenvalue weighted by atomic mass is 32.1. The van der Waals surface area contributed by atoms with E-state index in [1.54, 1.807) is 0 Å². The molecule has 0 aliphatic heterocycles. The average Bonchev–Trinajstić information content (AvgIpc) is 2.65. The number of aromatic nitrogens is 2. The molecule has 1 aromatic carbocycles. The van der Waals surface area contributed by atoms with Gasteiger partial charge in [-0.2, -0.15) is 0 Å². The van der Waals surface area contributed by atoms with E-state index in [-0.39, 0.29) is 0 Å². The zero-order valence-electron chi connectivity index (χ0n) is 11.8. The van der Waals surface area contributed by atoms with Crippen molar-refractivity contribution < 1.29 is 4.74 Å². The van der Waals surface area contributed by atoms with Gasteiger partial charge in [-0.1, -0.05) is 6.07 Å². The first-order valence-corrected chi connectivity index (χ1v) is 6.90. The van der Waals surface area contributed by atoms with Gasteiger partial charge in [0.1, 0.15) is 0 Å². The van der Waals surface area contributed by atoms with Crippen LogP contribution in [0.4, 0.5) is 0 Å². The molecule has 1 N–H and O–H groups in total. The number of hydrogen-bond donors (Lipinski definition) is 1. The molecular weight excluding hydrogens is 258 g/mol. The number of hydrogen-bond acceptors (Lipinski definition) is 3. The normalized spacial score (nSPS) is 11.6. The molecule has 1 aromatic heterocycles. The van der Waals surface area contributed by atoms with Gasteiger partial charge >= 0.3 is 0 Å². The van der Waals surface area contributed by atoms with E-state index in [0.29, 0.717) is 6.61 Å². The van der Waals surface area contributed by atoms with Crippen LogP contribution in [0.25, 0.3) is 11.0 Å². The summed E-state index contributed by atoms with van der Waals surface area (Å²) in [5.74, 6) is 0. The summed E-state index contributed by atoms with van der Waals surface area (Å²) >= 11 is 5.36. The van der Waals surface area contributed by atoms with Gasteiger partial charge in [-0.25, -0.2) is 0 Å². The fourth-order valence-electron chi connectivity index (χ4n) is 1.99. The minimum atomic E-state index is 0.684. The van der Waals surface area contributed by atoms with Gasteiger partial charge in [0.05, 0.1) is 24.2 Å². The second-order valence-corrected chi connectivity index (χ2v) is 5.40. The highest BCUT2D eigenvalue weighted by molar-refractivity contribution is 7.71. The number of imidazole rings is 1. The van der Waals surface area contributed by atoms with Crippen molar-refractivity contribution in [3.8, 4) is 0 Å². The van der Waals surface area contributed by atoms with Crippen LogP contribution in [0.1, 0.15) is 5.56 Å². The molecule has 0 saturated heterocycles. The van der Waals surface area contributed by atoms with Gasteiger partial charge in [0, 0.05) is 13.1 Å². The standard InChI is InChI=1S/C14H21N3OS/c1-11-4-5-12-13(10-11)17(14(19)15-12)7-9-18-8-6-16(2)3/h4-5,10H,6-9H2,1-3H3,(H,15,19). The Labute approximate surface area is 119 Å². The molecule has 0 aliphatic rings. The minimum absolute atomic E-state index is 0.684. The number of rotatable bonds is 6. The van der Waals surface area contributed by atoms with Crippen molar-refractivity contribution in [1.29, 1.82) is 0 Å². The maximum atomic E-state index is 5.63. The number of benzene rings is 1. The van der Waals surface area contributed by atoms with Gasteiger partial charge in [0.2, 0.25) is 0 Å². The summed E-state index contributed by atoms with van der Waals surface area (Å²) in [5.41, 5.74) is 3.48. The van der Waals surface area contributed by atoms with Crippen molar-refractivity contribution in [2.75, 3.05) is 33.9 Å². The Morgan fingerprint density at radius 3 is 2.84 bits per heavy atom. The zero-order chi connectivity index (χ0) is 13.8. The number of aromatic amines is 1. The highest BCUT2D eigenvalue weighted by Gasteiger charge is 2.04. The lowest BCUT2D eigenvalue weighted by Crippen LogP contribution is -2.19. The van der Waals surface area contributed by atoms with Crippen molar-refractivity contribution in [2.45, 2.75) is 13.5 Å². The molecule has 19 heavy (non-hydrogen) atoms. The van der Waals surface area contributed by atoms with E-state index in [0.717, 1.165) is 35.5 Å². The minimum Gasteiger partial charge on any atom is -0.378 e. The van der Waals surface area contributed by atoms with E-state index in [9.17, 15) is 0 Å². The summed E-state index contributed by atoms with van der Waals surface area (Å²) in [6.45, 7) is 5.26. The van der Waals surface area contributed by atoms with Crippen LogP contribution < -0.4 is 0 Å². The maximum Gasteiger partial charge on any atom is 0.178 e. The molecule has 0 amide bonds. The summed E-state index contributed by atoms with van der Waals surface area (Å²) in [7, 11) is 4.09. The SMILES string of the molecule is Cc1ccc2[nH]c(=S)n(CCOCCN(C)C)c2c1. The van der Waals surface area contributed by atoms with Crippen LogP contribution in [-0.2, 0) is 11.3 Å². The van der Waals surface area contributed by atoms with Crippen molar-refractivity contribution in [3.63, 3.8) is 0 Å². The predicted octanol–water partition coefficient (Wildman–Crippen LogP) is 2.59. The van der Waals surface area contributed by atoms with Crippen LogP contribution in [0, 0.1) is 11.7 Å². The average molecular weight is 279 g/mol. The van der Waals surface area contributed by atoms with Crippen molar-refractivity contribution in [3.05, 3.63) is 28.5 Å². The van der Waals surface area contributed by atoms with Crippen molar-refractivity contribution in [1.82, 2.24) is 14.5 Å². The molecule has 0 radical (unpaired) electrons. The molecule has 0 bridgehead atoms. The molecule has 4 nitrogen and oxygen atoms in total. The molecule has 0 atom stereocenters. The summed E-state index contributed by atoms with van der Waals surface area (Å²) in [6.07, 6.45) is 0. The van der Waals surface area contributed by atoms with E-state index < -0.39 is 0 Å². The van der Waals surface area contributed by atoms with Crippen molar-refractivity contribution in [2.24, 2.45) is 0 Å². The number of aryl methyl sites for hydroxylation is 1. The third-order valence-corrected chi connectivity index (χ3v) is 3.40. The molecule has 0 aliphatic carbocycles. The highest BCUT2D eigenvalue weighted by Crippen LogP contribution is 2.15. The molecule has 0 fully saturated rings. The fourth-order valence-corrected chi connectivity index (χ4v) is 2.29. The lowest BCUT2D eigenvalue weighted by atomic mass is 10.2. The van der Waals surface area contributed by atoms with Crippen LogP contribution in [0.15, 0.2) is 18.2 Å². The Morgan fingerprint density at radius 2 is 2.11 bits per heavy atom. The van der Waals surface area contributed by atoms with Crippen LogP contribution in [0.3, 0.4) is 0 Å². The van der Waals surface area contributed by atoms with Crippen LogP contribution in [-0.4, -0.2) is 48.3 Å². The predicted molar refractivity (Wildman–Crippen MR) is 81.2 cm³/mol. The monoisotopic (exact) mass is 279 g/mol. The third-order valence-electron chi connectivity index (χ3n) is 3.07. The second-order valence-electron chi connectivity index (χ2n) is 5.02. The van der Waals surface area contributed by atoms with E-state index in [1.807, 2.05) is 14.1 Å². The van der Waals surface area contributed by atoms with Gasteiger partial charge < -0.3 is 19.2 Å². The summed E-state index contributed by atoms with van der Waals surface area (Å²) in [5, 5.41) is 0. The number of likely N-dealkylation sites (N-methyl/N-ethyl adjacent to an activating group) is 1. The van der Waals surface area contributed by atoms with Crippen LogP contribution >= 0.6 is 12.2 Å². The molecule has 0 saturated carbocycles. The number of nitrogens with one attached hydrogen (secondary N) is 1. The Hall–Kier alpha value is -1.17. The van der Waals surface area contributed by atoms with Gasteiger partial charge in [-0.3, -0.25) is 0 Å². The Morgan fingerprint density at radius 1 is 1.32 bits per heavy atom. The molecular formula is C14H21N3OS. The largest absolute Gasteiger partial charge is 0.378 e. The lowest BCUT2D eigenvalue weighted by Gasteiger charge is -2.10. The number of nitrogens with zero attached hydrogens (tertiary/aromatic N) is 2. The Balaban J connectivity index is 2.02. The number of fused-ring (bicyclic) bond motifs is 1. The molecule has 0 unspecified atom stereocenters. The fraction of sp³-hybridized carbons (Fsp3) is 0.500. The van der Waals surface area contributed by atoms with Crippen LogP contribution in [0.5, 0.6) is 0 Å². The van der Waals surface area contributed by atoms with Crippen LogP contribution in [0.2, 0.25) is 0 Å². The topological polar surface area (TPSA) is 33.2 Å². The second kappa shape index (κ2) is 6.32. The zero-order valence-corrected chi connectivity index (χ0v) is 12.6. The first-order chi connectivity index (χ1) is 9.08. The maximum absolute atomic E-state index is 5.63.